The first-order valence-electron chi connectivity index (χ1n) is 10.0. The number of carbonyl (C=O) groups excluding carboxylic acids is 1. The Labute approximate surface area is 183 Å². The Bertz CT molecular complexity index is 1380. The van der Waals surface area contributed by atoms with Crippen molar-refractivity contribution in [3.05, 3.63) is 83.0 Å². The molecular formula is C24H21N5OS. The number of rotatable bonds is 5. The summed E-state index contributed by atoms with van der Waals surface area (Å²) in [6.45, 7) is 3.97. The van der Waals surface area contributed by atoms with Gasteiger partial charge in [-0.05, 0) is 25.5 Å². The molecule has 5 aromatic rings. The van der Waals surface area contributed by atoms with E-state index in [0.29, 0.717) is 10.9 Å². The molecule has 2 N–H and O–H groups in total. The molecule has 6 nitrogen and oxygen atoms in total. The molecule has 0 aliphatic carbocycles. The third-order valence-corrected chi connectivity index (χ3v) is 5.96. The number of nitrogens with one attached hydrogen (secondary N) is 2. The van der Waals surface area contributed by atoms with Gasteiger partial charge in [0, 0.05) is 34.1 Å². The predicted octanol–water partition coefficient (Wildman–Crippen LogP) is 5.28. The van der Waals surface area contributed by atoms with Crippen LogP contribution in [0.1, 0.15) is 16.8 Å². The Morgan fingerprint density at radius 1 is 1.13 bits per heavy atom. The molecule has 3 heterocycles. The minimum absolute atomic E-state index is 0.0961. The van der Waals surface area contributed by atoms with Crippen LogP contribution in [0.5, 0.6) is 0 Å². The van der Waals surface area contributed by atoms with Gasteiger partial charge in [-0.3, -0.25) is 4.79 Å². The highest BCUT2D eigenvalue weighted by Crippen LogP contribution is 2.27. The van der Waals surface area contributed by atoms with Crippen molar-refractivity contribution in [2.45, 2.75) is 20.3 Å². The predicted molar refractivity (Wildman–Crippen MR) is 125 cm³/mol. The monoisotopic (exact) mass is 427 g/mol. The molecular weight excluding hydrogens is 406 g/mol. The number of amides is 1. The van der Waals surface area contributed by atoms with Crippen LogP contribution in [0, 0.1) is 13.8 Å². The second-order valence-electron chi connectivity index (χ2n) is 7.55. The summed E-state index contributed by atoms with van der Waals surface area (Å²) >= 11 is 1.50. The molecule has 0 unspecified atom stereocenters. The van der Waals surface area contributed by atoms with Crippen LogP contribution in [0.15, 0.2) is 66.2 Å². The van der Waals surface area contributed by atoms with E-state index in [9.17, 15) is 4.79 Å². The van der Waals surface area contributed by atoms with Gasteiger partial charge in [-0.1, -0.05) is 48.0 Å². The van der Waals surface area contributed by atoms with E-state index in [4.69, 9.17) is 4.98 Å². The lowest BCUT2D eigenvalue weighted by Gasteiger charge is -2.06. The standard InChI is InChI=1S/C24H21N5OS/c1-15-7-9-17(10-8-15)21-14-31-24(26-21)29-22(11-16(2)28-29)27-23(30)12-18-13-25-20-6-4-3-5-19(18)20/h3-11,13-14,25H,12H2,1-2H3,(H,27,30). The van der Waals surface area contributed by atoms with E-state index < -0.39 is 0 Å². The highest BCUT2D eigenvalue weighted by Gasteiger charge is 2.16. The average Bonchev–Trinajstić information content (AvgIpc) is 3.48. The zero-order valence-corrected chi connectivity index (χ0v) is 18.0. The molecule has 0 aliphatic heterocycles. The van der Waals surface area contributed by atoms with Crippen molar-refractivity contribution in [3.8, 4) is 16.4 Å². The SMILES string of the molecule is Cc1ccc(-c2csc(-n3nc(C)cc3NC(=O)Cc3c[nH]c4ccccc34)n2)cc1. The van der Waals surface area contributed by atoms with E-state index in [2.05, 4.69) is 46.6 Å². The number of fused-ring (bicyclic) bond motifs is 1. The highest BCUT2D eigenvalue weighted by atomic mass is 32.1. The van der Waals surface area contributed by atoms with Crippen molar-refractivity contribution in [2.24, 2.45) is 0 Å². The number of aromatic amines is 1. The molecule has 0 atom stereocenters. The fraction of sp³-hybridized carbons (Fsp3) is 0.125. The van der Waals surface area contributed by atoms with Crippen LogP contribution in [0.3, 0.4) is 0 Å². The number of hydrogen-bond donors (Lipinski definition) is 2. The normalized spacial score (nSPS) is 11.2. The average molecular weight is 428 g/mol. The van der Waals surface area contributed by atoms with E-state index in [1.54, 1.807) is 4.68 Å². The number of aromatic nitrogens is 4. The molecule has 1 amide bonds. The Kier molecular flexibility index (Phi) is 4.88. The van der Waals surface area contributed by atoms with E-state index >= 15 is 0 Å². The summed E-state index contributed by atoms with van der Waals surface area (Å²) in [6, 6.07) is 18.1. The third-order valence-electron chi connectivity index (χ3n) is 5.15. The van der Waals surface area contributed by atoms with Crippen molar-refractivity contribution < 1.29 is 4.79 Å². The number of benzene rings is 2. The maximum absolute atomic E-state index is 12.8. The molecule has 0 saturated carbocycles. The van der Waals surface area contributed by atoms with Crippen LogP contribution in [0.4, 0.5) is 5.82 Å². The molecule has 3 aromatic heterocycles. The second kappa shape index (κ2) is 7.85. The first-order valence-corrected chi connectivity index (χ1v) is 10.9. The lowest BCUT2D eigenvalue weighted by atomic mass is 10.1. The summed E-state index contributed by atoms with van der Waals surface area (Å²) < 4.78 is 1.70. The second-order valence-corrected chi connectivity index (χ2v) is 8.39. The molecule has 0 bridgehead atoms. The number of thiazole rings is 1. The topological polar surface area (TPSA) is 75.6 Å². The molecule has 0 fully saturated rings. The molecule has 2 aromatic carbocycles. The van der Waals surface area contributed by atoms with Crippen molar-refractivity contribution in [1.29, 1.82) is 0 Å². The van der Waals surface area contributed by atoms with Gasteiger partial charge < -0.3 is 10.3 Å². The Morgan fingerprint density at radius 3 is 2.77 bits per heavy atom. The van der Waals surface area contributed by atoms with Crippen LogP contribution < -0.4 is 5.32 Å². The third kappa shape index (κ3) is 3.87. The Balaban J connectivity index is 1.38. The molecule has 0 spiro atoms. The van der Waals surface area contributed by atoms with Gasteiger partial charge in [-0.2, -0.15) is 9.78 Å². The summed E-state index contributed by atoms with van der Waals surface area (Å²) in [4.78, 5) is 20.7. The first-order chi connectivity index (χ1) is 15.1. The number of carbonyl (C=O) groups is 1. The Morgan fingerprint density at radius 2 is 1.94 bits per heavy atom. The maximum atomic E-state index is 12.8. The number of hydrogen-bond acceptors (Lipinski definition) is 4. The summed E-state index contributed by atoms with van der Waals surface area (Å²) in [6.07, 6.45) is 2.17. The van der Waals surface area contributed by atoms with Gasteiger partial charge in [0.05, 0.1) is 17.8 Å². The van der Waals surface area contributed by atoms with E-state index in [-0.39, 0.29) is 12.3 Å². The summed E-state index contributed by atoms with van der Waals surface area (Å²) in [5.74, 6) is 0.522. The van der Waals surface area contributed by atoms with Gasteiger partial charge in [0.2, 0.25) is 11.0 Å². The van der Waals surface area contributed by atoms with E-state index in [1.165, 1.54) is 16.9 Å². The van der Waals surface area contributed by atoms with Gasteiger partial charge in [-0.25, -0.2) is 4.98 Å². The summed E-state index contributed by atoms with van der Waals surface area (Å²) in [5, 5.41) is 11.3. The van der Waals surface area contributed by atoms with Crippen LogP contribution in [0.2, 0.25) is 0 Å². The van der Waals surface area contributed by atoms with Gasteiger partial charge in [0.1, 0.15) is 5.82 Å². The van der Waals surface area contributed by atoms with Crippen LogP contribution in [-0.2, 0) is 11.2 Å². The Hall–Kier alpha value is -3.71. The number of H-pyrrole nitrogens is 1. The summed E-state index contributed by atoms with van der Waals surface area (Å²) in [5.41, 5.74) is 5.96. The van der Waals surface area contributed by atoms with Crippen molar-refractivity contribution in [3.63, 3.8) is 0 Å². The number of anilines is 1. The quantitative estimate of drug-likeness (QED) is 0.401. The number of para-hydroxylation sites is 1. The van der Waals surface area contributed by atoms with E-state index in [0.717, 1.165) is 33.4 Å². The fourth-order valence-electron chi connectivity index (χ4n) is 3.59. The smallest absolute Gasteiger partial charge is 0.230 e. The van der Waals surface area contributed by atoms with Crippen molar-refractivity contribution in [1.82, 2.24) is 19.7 Å². The number of nitrogens with zero attached hydrogens (tertiary/aromatic N) is 3. The lowest BCUT2D eigenvalue weighted by Crippen LogP contribution is -2.17. The van der Waals surface area contributed by atoms with Crippen molar-refractivity contribution in [2.75, 3.05) is 5.32 Å². The molecule has 0 saturated heterocycles. The molecule has 0 aliphatic rings. The largest absolute Gasteiger partial charge is 0.361 e. The van der Waals surface area contributed by atoms with Crippen LogP contribution in [-0.4, -0.2) is 25.7 Å². The minimum Gasteiger partial charge on any atom is -0.361 e. The van der Waals surface area contributed by atoms with Crippen LogP contribution in [0.25, 0.3) is 27.3 Å². The van der Waals surface area contributed by atoms with Crippen LogP contribution >= 0.6 is 11.3 Å². The maximum Gasteiger partial charge on any atom is 0.230 e. The molecule has 31 heavy (non-hydrogen) atoms. The van der Waals surface area contributed by atoms with Crippen molar-refractivity contribution >= 4 is 34.0 Å². The van der Waals surface area contributed by atoms with Gasteiger partial charge >= 0.3 is 0 Å². The number of aryl methyl sites for hydroxylation is 2. The molecule has 0 radical (unpaired) electrons. The zero-order chi connectivity index (χ0) is 21.4. The highest BCUT2D eigenvalue weighted by molar-refractivity contribution is 7.12. The fourth-order valence-corrected chi connectivity index (χ4v) is 4.39. The first kappa shape index (κ1) is 19.3. The molecule has 5 rings (SSSR count). The minimum atomic E-state index is -0.0961. The van der Waals surface area contributed by atoms with E-state index in [1.807, 2.05) is 48.8 Å². The molecule has 7 heteroatoms. The van der Waals surface area contributed by atoms with Gasteiger partial charge in [-0.15, -0.1) is 11.3 Å². The molecule has 154 valence electrons. The van der Waals surface area contributed by atoms with Gasteiger partial charge in [0.15, 0.2) is 0 Å². The summed E-state index contributed by atoms with van der Waals surface area (Å²) in [7, 11) is 0. The lowest BCUT2D eigenvalue weighted by molar-refractivity contribution is -0.115. The van der Waals surface area contributed by atoms with Gasteiger partial charge in [0.25, 0.3) is 0 Å². The zero-order valence-electron chi connectivity index (χ0n) is 17.2.